The van der Waals surface area contributed by atoms with E-state index in [1.54, 1.807) is 12.3 Å². The lowest BCUT2D eigenvalue weighted by molar-refractivity contribution is 0.102. The van der Waals surface area contributed by atoms with Gasteiger partial charge >= 0.3 is 0 Å². The minimum Gasteiger partial charge on any atom is -0.361 e. The third-order valence-electron chi connectivity index (χ3n) is 4.65. The Morgan fingerprint density at radius 3 is 2.63 bits per heavy atom. The molecule has 3 heterocycles. The lowest BCUT2D eigenvalue weighted by Crippen LogP contribution is -2.24. The van der Waals surface area contributed by atoms with Crippen LogP contribution in [0.25, 0.3) is 10.9 Å². The van der Waals surface area contributed by atoms with E-state index in [0.29, 0.717) is 23.1 Å². The second kappa shape index (κ2) is 7.19. The van der Waals surface area contributed by atoms with Crippen molar-refractivity contribution in [2.24, 2.45) is 0 Å². The van der Waals surface area contributed by atoms with Gasteiger partial charge in [-0.2, -0.15) is 4.98 Å². The third kappa shape index (κ3) is 3.53. The van der Waals surface area contributed by atoms with Crippen LogP contribution in [0.3, 0.4) is 0 Å². The molecule has 1 aliphatic heterocycles. The van der Waals surface area contributed by atoms with Crippen molar-refractivity contribution in [3.05, 3.63) is 48.3 Å². The maximum Gasteiger partial charge on any atom is 0.274 e. The fraction of sp³-hybridized carbons (Fsp3) is 0.300. The van der Waals surface area contributed by atoms with Crippen molar-refractivity contribution >= 4 is 34.3 Å². The number of carbonyl (C=O) groups is 1. The predicted octanol–water partition coefficient (Wildman–Crippen LogP) is 2.94. The number of nitrogens with one attached hydrogen (secondary N) is 1. The van der Waals surface area contributed by atoms with Crippen LogP contribution in [0.1, 0.15) is 23.3 Å². The molecule has 0 saturated carbocycles. The van der Waals surface area contributed by atoms with Gasteiger partial charge < -0.3 is 15.1 Å². The second-order valence-corrected chi connectivity index (χ2v) is 6.84. The standard InChI is InChI=1S/C20H22N6O/c1-25(2)18-17(13-21-20(24-18)26-11-5-6-12-26)23-19(27)16-10-9-14-7-3-4-8-15(14)22-16/h3-4,7-10,13H,5-6,11-12H2,1-2H3,(H,23,27). The van der Waals surface area contributed by atoms with Crippen molar-refractivity contribution in [2.45, 2.75) is 12.8 Å². The van der Waals surface area contributed by atoms with Gasteiger partial charge in [-0.3, -0.25) is 4.79 Å². The van der Waals surface area contributed by atoms with Crippen molar-refractivity contribution in [1.82, 2.24) is 15.0 Å². The summed E-state index contributed by atoms with van der Waals surface area (Å²) in [7, 11) is 3.81. The Labute approximate surface area is 158 Å². The van der Waals surface area contributed by atoms with Crippen molar-refractivity contribution in [1.29, 1.82) is 0 Å². The van der Waals surface area contributed by atoms with Crippen molar-refractivity contribution in [3.63, 3.8) is 0 Å². The summed E-state index contributed by atoms with van der Waals surface area (Å²) in [6.45, 7) is 1.94. The Bertz CT molecular complexity index is 981. The van der Waals surface area contributed by atoms with Gasteiger partial charge in [-0.15, -0.1) is 0 Å². The molecule has 0 spiro atoms. The zero-order valence-corrected chi connectivity index (χ0v) is 15.5. The first kappa shape index (κ1) is 17.2. The average molecular weight is 362 g/mol. The Hall–Kier alpha value is -3.22. The molecule has 1 saturated heterocycles. The van der Waals surface area contributed by atoms with E-state index in [9.17, 15) is 4.79 Å². The van der Waals surface area contributed by atoms with Gasteiger partial charge in [0.15, 0.2) is 5.82 Å². The SMILES string of the molecule is CN(C)c1nc(N2CCCC2)ncc1NC(=O)c1ccc2ccccc2n1. The highest BCUT2D eigenvalue weighted by atomic mass is 16.1. The summed E-state index contributed by atoms with van der Waals surface area (Å²) in [5.74, 6) is 1.11. The van der Waals surface area contributed by atoms with Gasteiger partial charge in [0.25, 0.3) is 5.91 Å². The maximum absolute atomic E-state index is 12.7. The lowest BCUT2D eigenvalue weighted by Gasteiger charge is -2.21. The molecule has 1 aromatic carbocycles. The largest absolute Gasteiger partial charge is 0.361 e. The van der Waals surface area contributed by atoms with Gasteiger partial charge in [0.1, 0.15) is 11.4 Å². The predicted molar refractivity (Wildman–Crippen MR) is 108 cm³/mol. The summed E-state index contributed by atoms with van der Waals surface area (Å²) in [4.78, 5) is 30.3. The third-order valence-corrected chi connectivity index (χ3v) is 4.65. The summed E-state index contributed by atoms with van der Waals surface area (Å²) in [5, 5.41) is 3.91. The first-order valence-corrected chi connectivity index (χ1v) is 9.08. The molecule has 138 valence electrons. The summed E-state index contributed by atoms with van der Waals surface area (Å²) in [6.07, 6.45) is 3.99. The molecule has 7 heteroatoms. The molecule has 0 bridgehead atoms. The van der Waals surface area contributed by atoms with E-state index in [1.807, 2.05) is 49.3 Å². The van der Waals surface area contributed by atoms with Gasteiger partial charge in [-0.25, -0.2) is 9.97 Å². The molecule has 1 fully saturated rings. The van der Waals surface area contributed by atoms with E-state index in [2.05, 4.69) is 25.2 Å². The summed E-state index contributed by atoms with van der Waals surface area (Å²) in [5.41, 5.74) is 1.73. The number of hydrogen-bond donors (Lipinski definition) is 1. The minimum atomic E-state index is -0.277. The van der Waals surface area contributed by atoms with Crippen molar-refractivity contribution < 1.29 is 4.79 Å². The number of hydrogen-bond acceptors (Lipinski definition) is 6. The van der Waals surface area contributed by atoms with E-state index in [-0.39, 0.29) is 5.91 Å². The second-order valence-electron chi connectivity index (χ2n) is 6.84. The Kier molecular flexibility index (Phi) is 4.58. The monoisotopic (exact) mass is 362 g/mol. The molecule has 1 aliphatic rings. The van der Waals surface area contributed by atoms with E-state index in [0.717, 1.165) is 36.8 Å². The molecule has 4 rings (SSSR count). The highest BCUT2D eigenvalue weighted by Crippen LogP contribution is 2.26. The summed E-state index contributed by atoms with van der Waals surface area (Å²) in [6, 6.07) is 11.4. The van der Waals surface area contributed by atoms with Crippen LogP contribution in [0.15, 0.2) is 42.6 Å². The van der Waals surface area contributed by atoms with Gasteiger partial charge in [-0.1, -0.05) is 24.3 Å². The molecule has 0 radical (unpaired) electrons. The Morgan fingerprint density at radius 2 is 1.85 bits per heavy atom. The number of para-hydroxylation sites is 1. The number of rotatable bonds is 4. The number of anilines is 3. The van der Waals surface area contributed by atoms with Crippen molar-refractivity contribution in [2.75, 3.05) is 42.3 Å². The molecule has 0 aliphatic carbocycles. The molecular weight excluding hydrogens is 340 g/mol. The van der Waals surface area contributed by atoms with E-state index in [4.69, 9.17) is 0 Å². The first-order chi connectivity index (χ1) is 13.1. The first-order valence-electron chi connectivity index (χ1n) is 9.08. The fourth-order valence-electron chi connectivity index (χ4n) is 3.24. The van der Waals surface area contributed by atoms with Crippen LogP contribution in [0.2, 0.25) is 0 Å². The van der Waals surface area contributed by atoms with Gasteiger partial charge in [0, 0.05) is 32.6 Å². The quantitative estimate of drug-likeness (QED) is 0.769. The normalized spacial score (nSPS) is 13.8. The summed E-state index contributed by atoms with van der Waals surface area (Å²) >= 11 is 0. The van der Waals surface area contributed by atoms with Gasteiger partial charge in [-0.05, 0) is 25.0 Å². The number of nitrogens with zero attached hydrogens (tertiary/aromatic N) is 5. The molecular formula is C20H22N6O. The average Bonchev–Trinajstić information content (AvgIpc) is 3.22. The fourth-order valence-corrected chi connectivity index (χ4v) is 3.24. The number of benzene rings is 1. The molecule has 3 aromatic rings. The molecule has 7 nitrogen and oxygen atoms in total. The van der Waals surface area contributed by atoms with Crippen LogP contribution in [-0.4, -0.2) is 48.0 Å². The molecule has 27 heavy (non-hydrogen) atoms. The van der Waals surface area contributed by atoms with Crippen molar-refractivity contribution in [3.8, 4) is 0 Å². The van der Waals surface area contributed by atoms with E-state index in [1.165, 1.54) is 0 Å². The molecule has 0 unspecified atom stereocenters. The zero-order valence-electron chi connectivity index (χ0n) is 15.5. The molecule has 1 amide bonds. The van der Waals surface area contributed by atoms with E-state index < -0.39 is 0 Å². The Morgan fingerprint density at radius 1 is 1.07 bits per heavy atom. The van der Waals surface area contributed by atoms with Crippen LogP contribution in [0.4, 0.5) is 17.5 Å². The van der Waals surface area contributed by atoms with Crippen LogP contribution in [-0.2, 0) is 0 Å². The van der Waals surface area contributed by atoms with E-state index >= 15 is 0 Å². The maximum atomic E-state index is 12.7. The lowest BCUT2D eigenvalue weighted by atomic mass is 10.2. The number of carbonyl (C=O) groups excluding carboxylic acids is 1. The number of fused-ring (bicyclic) bond motifs is 1. The molecule has 2 aromatic heterocycles. The number of pyridine rings is 1. The van der Waals surface area contributed by atoms with Gasteiger partial charge in [0.2, 0.25) is 5.95 Å². The minimum absolute atomic E-state index is 0.277. The topological polar surface area (TPSA) is 74.2 Å². The van der Waals surface area contributed by atoms with Crippen LogP contribution < -0.4 is 15.1 Å². The van der Waals surface area contributed by atoms with Crippen LogP contribution in [0, 0.1) is 0 Å². The van der Waals surface area contributed by atoms with Crippen LogP contribution in [0.5, 0.6) is 0 Å². The number of amides is 1. The smallest absolute Gasteiger partial charge is 0.274 e. The summed E-state index contributed by atoms with van der Waals surface area (Å²) < 4.78 is 0. The zero-order chi connectivity index (χ0) is 18.8. The Balaban J connectivity index is 1.61. The molecule has 0 atom stereocenters. The number of aromatic nitrogens is 3. The highest BCUT2D eigenvalue weighted by Gasteiger charge is 2.19. The highest BCUT2D eigenvalue weighted by molar-refractivity contribution is 6.05. The molecule has 1 N–H and O–H groups in total. The van der Waals surface area contributed by atoms with Gasteiger partial charge in [0.05, 0.1) is 11.7 Å². The van der Waals surface area contributed by atoms with Crippen LogP contribution >= 0.6 is 0 Å².